The van der Waals surface area contributed by atoms with Crippen molar-refractivity contribution in [3.63, 3.8) is 0 Å². The van der Waals surface area contributed by atoms with Gasteiger partial charge in [-0.15, -0.1) is 11.8 Å². The highest BCUT2D eigenvalue weighted by atomic mass is 32.2. The molecule has 0 bridgehead atoms. The summed E-state index contributed by atoms with van der Waals surface area (Å²) < 4.78 is 4.96. The van der Waals surface area contributed by atoms with Crippen LogP contribution in [0.5, 0.6) is 0 Å². The quantitative estimate of drug-likeness (QED) is 0.463. The molecule has 3 aromatic carbocycles. The lowest BCUT2D eigenvalue weighted by Gasteiger charge is -2.29. The van der Waals surface area contributed by atoms with Crippen molar-refractivity contribution in [2.24, 2.45) is 0 Å². The normalized spacial score (nSPS) is 12.6. The minimum Gasteiger partial charge on any atom is -0.462 e. The molecule has 0 aromatic heterocycles. The van der Waals surface area contributed by atoms with Gasteiger partial charge in [-0.2, -0.15) is 0 Å². The van der Waals surface area contributed by atoms with E-state index in [2.05, 4.69) is 10.6 Å². The number of urea groups is 1. The first-order chi connectivity index (χ1) is 16.4. The summed E-state index contributed by atoms with van der Waals surface area (Å²) in [7, 11) is 0. The summed E-state index contributed by atoms with van der Waals surface area (Å²) in [5.74, 6) is 0.00465. The number of esters is 1. The average molecular weight is 476 g/mol. The Kier molecular flexibility index (Phi) is 7.18. The van der Waals surface area contributed by atoms with Gasteiger partial charge in [0.2, 0.25) is 5.91 Å². The van der Waals surface area contributed by atoms with Crippen LogP contribution in [-0.2, 0) is 16.1 Å². The number of nitrogens with one attached hydrogen (secondary N) is 2. The Bertz CT molecular complexity index is 1210. The first-order valence-corrected chi connectivity index (χ1v) is 11.9. The van der Waals surface area contributed by atoms with Gasteiger partial charge < -0.3 is 20.3 Å². The van der Waals surface area contributed by atoms with E-state index >= 15 is 0 Å². The molecule has 2 N–H and O–H groups in total. The zero-order valence-electron chi connectivity index (χ0n) is 19.0. The van der Waals surface area contributed by atoms with Crippen molar-refractivity contribution in [1.29, 1.82) is 0 Å². The van der Waals surface area contributed by atoms with Crippen molar-refractivity contribution in [3.05, 3.63) is 83.4 Å². The standard InChI is InChI=1S/C26H25N3O4S/c1-3-33-25(31)19-8-10-20(11-9-19)27-26(32)28-21-12-13-23-22(14-21)29(24(30)16-34-23)15-18-6-4-17(2)5-7-18/h4-14H,3,15-16H2,1-2H3,(H2,27,28,32). The number of nitrogens with zero attached hydrogens (tertiary/aromatic N) is 1. The lowest BCUT2D eigenvalue weighted by atomic mass is 10.1. The van der Waals surface area contributed by atoms with Crippen LogP contribution in [0.1, 0.15) is 28.4 Å². The van der Waals surface area contributed by atoms with E-state index in [1.54, 1.807) is 36.1 Å². The molecule has 34 heavy (non-hydrogen) atoms. The zero-order chi connectivity index (χ0) is 24.1. The maximum Gasteiger partial charge on any atom is 0.338 e. The summed E-state index contributed by atoms with van der Waals surface area (Å²) in [5, 5.41) is 5.56. The van der Waals surface area contributed by atoms with Crippen molar-refractivity contribution >= 4 is 46.7 Å². The number of carbonyl (C=O) groups is 3. The van der Waals surface area contributed by atoms with E-state index in [9.17, 15) is 14.4 Å². The number of thioether (sulfide) groups is 1. The fourth-order valence-corrected chi connectivity index (χ4v) is 4.44. The van der Waals surface area contributed by atoms with Crippen LogP contribution >= 0.6 is 11.8 Å². The predicted octanol–water partition coefficient (Wildman–Crippen LogP) is 5.45. The van der Waals surface area contributed by atoms with Gasteiger partial charge in [0.25, 0.3) is 0 Å². The number of benzene rings is 3. The van der Waals surface area contributed by atoms with Crippen LogP contribution in [-0.4, -0.2) is 30.3 Å². The van der Waals surface area contributed by atoms with Crippen molar-refractivity contribution in [2.75, 3.05) is 27.9 Å². The SMILES string of the molecule is CCOC(=O)c1ccc(NC(=O)Nc2ccc3c(c2)N(Cc2ccc(C)cc2)C(=O)CS3)cc1. The van der Waals surface area contributed by atoms with Crippen LogP contribution in [0.25, 0.3) is 0 Å². The van der Waals surface area contributed by atoms with Gasteiger partial charge >= 0.3 is 12.0 Å². The number of rotatable bonds is 6. The van der Waals surface area contributed by atoms with E-state index in [4.69, 9.17) is 4.74 Å². The summed E-state index contributed by atoms with van der Waals surface area (Å²) >= 11 is 1.49. The van der Waals surface area contributed by atoms with Crippen LogP contribution in [0, 0.1) is 6.92 Å². The third-order valence-electron chi connectivity index (χ3n) is 5.27. The summed E-state index contributed by atoms with van der Waals surface area (Å²) in [6, 6.07) is 19.7. The van der Waals surface area contributed by atoms with Gasteiger partial charge in [-0.3, -0.25) is 4.79 Å². The Morgan fingerprint density at radius 1 is 0.971 bits per heavy atom. The van der Waals surface area contributed by atoms with Gasteiger partial charge in [0.15, 0.2) is 0 Å². The number of hydrogen-bond donors (Lipinski definition) is 2. The fourth-order valence-electron chi connectivity index (χ4n) is 3.53. The molecule has 174 valence electrons. The Balaban J connectivity index is 1.45. The number of ether oxygens (including phenoxy) is 1. The highest BCUT2D eigenvalue weighted by Gasteiger charge is 2.25. The van der Waals surface area contributed by atoms with Crippen LogP contribution < -0.4 is 15.5 Å². The molecule has 0 radical (unpaired) electrons. The molecule has 8 heteroatoms. The second-order valence-electron chi connectivity index (χ2n) is 7.81. The summed E-state index contributed by atoms with van der Waals surface area (Å²) in [5.41, 5.74) is 4.51. The molecule has 0 aliphatic carbocycles. The number of hydrogen-bond acceptors (Lipinski definition) is 5. The van der Waals surface area contributed by atoms with Crippen LogP contribution in [0.3, 0.4) is 0 Å². The molecule has 0 saturated carbocycles. The minimum absolute atomic E-state index is 0.0290. The number of carbonyl (C=O) groups excluding carboxylic acids is 3. The molecular formula is C26H25N3O4S. The third kappa shape index (κ3) is 5.58. The molecule has 0 unspecified atom stereocenters. The molecule has 1 aliphatic heterocycles. The first-order valence-electron chi connectivity index (χ1n) is 10.9. The largest absolute Gasteiger partial charge is 0.462 e. The van der Waals surface area contributed by atoms with Gasteiger partial charge in [-0.05, 0) is 61.9 Å². The number of aryl methyl sites for hydroxylation is 1. The molecule has 3 amide bonds. The summed E-state index contributed by atoms with van der Waals surface area (Å²) in [6.45, 7) is 4.54. The van der Waals surface area contributed by atoms with Gasteiger partial charge in [0, 0.05) is 16.3 Å². The van der Waals surface area contributed by atoms with E-state index in [0.717, 1.165) is 21.7 Å². The van der Waals surface area contributed by atoms with E-state index < -0.39 is 12.0 Å². The second-order valence-corrected chi connectivity index (χ2v) is 8.83. The van der Waals surface area contributed by atoms with Crippen LogP contribution in [0.4, 0.5) is 21.9 Å². The monoisotopic (exact) mass is 475 g/mol. The Morgan fingerprint density at radius 3 is 2.35 bits per heavy atom. The second kappa shape index (κ2) is 10.4. The van der Waals surface area contributed by atoms with Crippen molar-refractivity contribution in [1.82, 2.24) is 0 Å². The van der Waals surface area contributed by atoms with E-state index in [0.29, 0.717) is 35.8 Å². The molecule has 3 aromatic rings. The maximum absolute atomic E-state index is 12.7. The van der Waals surface area contributed by atoms with Crippen LogP contribution in [0.2, 0.25) is 0 Å². The molecule has 7 nitrogen and oxygen atoms in total. The highest BCUT2D eigenvalue weighted by molar-refractivity contribution is 8.00. The molecule has 0 fully saturated rings. The number of fused-ring (bicyclic) bond motifs is 1. The molecular weight excluding hydrogens is 450 g/mol. The van der Waals surface area contributed by atoms with E-state index in [1.807, 2.05) is 49.4 Å². The van der Waals surface area contributed by atoms with E-state index in [1.165, 1.54) is 11.8 Å². The minimum atomic E-state index is -0.427. The highest BCUT2D eigenvalue weighted by Crippen LogP contribution is 2.38. The van der Waals surface area contributed by atoms with Gasteiger partial charge in [-0.1, -0.05) is 29.8 Å². The molecule has 0 atom stereocenters. The average Bonchev–Trinajstić information content (AvgIpc) is 2.83. The lowest BCUT2D eigenvalue weighted by molar-refractivity contribution is -0.116. The number of amides is 3. The fraction of sp³-hybridized carbons (Fsp3) is 0.192. The smallest absolute Gasteiger partial charge is 0.338 e. The van der Waals surface area contributed by atoms with Gasteiger partial charge in [0.05, 0.1) is 30.2 Å². The third-order valence-corrected chi connectivity index (χ3v) is 6.32. The zero-order valence-corrected chi connectivity index (χ0v) is 19.8. The summed E-state index contributed by atoms with van der Waals surface area (Å²) in [6.07, 6.45) is 0. The predicted molar refractivity (Wildman–Crippen MR) is 135 cm³/mol. The van der Waals surface area contributed by atoms with Gasteiger partial charge in [-0.25, -0.2) is 9.59 Å². The van der Waals surface area contributed by atoms with E-state index in [-0.39, 0.29) is 5.91 Å². The topological polar surface area (TPSA) is 87.7 Å². The maximum atomic E-state index is 12.7. The Hall–Kier alpha value is -3.78. The Morgan fingerprint density at radius 2 is 1.65 bits per heavy atom. The van der Waals surface area contributed by atoms with Crippen molar-refractivity contribution < 1.29 is 19.1 Å². The molecule has 0 spiro atoms. The van der Waals surface area contributed by atoms with Crippen molar-refractivity contribution in [2.45, 2.75) is 25.3 Å². The first kappa shape index (κ1) is 23.4. The lowest BCUT2D eigenvalue weighted by Crippen LogP contribution is -2.34. The molecule has 1 heterocycles. The number of anilines is 3. The Labute approximate surface area is 202 Å². The van der Waals surface area contributed by atoms with Gasteiger partial charge in [0.1, 0.15) is 0 Å². The molecule has 0 saturated heterocycles. The van der Waals surface area contributed by atoms with Crippen LogP contribution in [0.15, 0.2) is 71.6 Å². The molecule has 1 aliphatic rings. The van der Waals surface area contributed by atoms with Crippen molar-refractivity contribution in [3.8, 4) is 0 Å². The molecule has 4 rings (SSSR count). The summed E-state index contributed by atoms with van der Waals surface area (Å²) in [4.78, 5) is 39.7.